The van der Waals surface area contributed by atoms with Gasteiger partial charge >= 0.3 is 5.97 Å². The molecule has 0 aliphatic carbocycles. The number of carbonyl (C=O) groups is 1. The molecule has 4 heteroatoms. The minimum absolute atomic E-state index is 0.360. The molecule has 1 atom stereocenters. The lowest BCUT2D eigenvalue weighted by molar-refractivity contribution is -0.141. The van der Waals surface area contributed by atoms with E-state index < -0.39 is 5.97 Å². The third-order valence-corrected chi connectivity index (χ3v) is 2.75. The zero-order valence-electron chi connectivity index (χ0n) is 9.72. The van der Waals surface area contributed by atoms with Crippen molar-refractivity contribution in [3.05, 3.63) is 35.4 Å². The topological polar surface area (TPSA) is 58.9 Å². The van der Waals surface area contributed by atoms with Crippen LogP contribution >= 0.6 is 0 Å². The van der Waals surface area contributed by atoms with Crippen LogP contribution in [0.15, 0.2) is 29.3 Å². The molecule has 0 radical (unpaired) electrons. The second kappa shape index (κ2) is 4.99. The Morgan fingerprint density at radius 3 is 2.71 bits per heavy atom. The molecule has 1 heterocycles. The minimum atomic E-state index is -0.766. The van der Waals surface area contributed by atoms with Crippen molar-refractivity contribution in [1.82, 2.24) is 0 Å². The first kappa shape index (κ1) is 11.6. The highest BCUT2D eigenvalue weighted by Crippen LogP contribution is 2.13. The van der Waals surface area contributed by atoms with Crippen molar-refractivity contribution in [2.45, 2.75) is 13.3 Å². The molecule has 17 heavy (non-hydrogen) atoms. The van der Waals surface area contributed by atoms with Crippen LogP contribution in [0.3, 0.4) is 0 Å². The Hall–Kier alpha value is -1.84. The molecule has 1 aliphatic rings. The van der Waals surface area contributed by atoms with Gasteiger partial charge in [0.1, 0.15) is 6.61 Å². The van der Waals surface area contributed by atoms with E-state index in [1.807, 2.05) is 24.3 Å². The van der Waals surface area contributed by atoms with E-state index in [1.165, 1.54) is 0 Å². The highest BCUT2D eigenvalue weighted by molar-refractivity contribution is 5.94. The number of ether oxygens (including phenoxy) is 1. The normalized spacial score (nSPS) is 16.2. The second-order valence-electron chi connectivity index (χ2n) is 4.18. The van der Waals surface area contributed by atoms with Crippen LogP contribution in [-0.4, -0.2) is 30.1 Å². The van der Waals surface area contributed by atoms with Crippen LogP contribution in [0.1, 0.15) is 18.1 Å². The third kappa shape index (κ3) is 2.84. The number of benzene rings is 1. The van der Waals surface area contributed by atoms with Gasteiger partial charge in [0.05, 0.1) is 12.5 Å². The fraction of sp³-hybridized carbons (Fsp3) is 0.385. The summed E-state index contributed by atoms with van der Waals surface area (Å²) in [4.78, 5) is 15.0. The van der Waals surface area contributed by atoms with Gasteiger partial charge in [-0.2, -0.15) is 0 Å². The summed E-state index contributed by atoms with van der Waals surface area (Å²) in [6, 6.07) is 7.71. The van der Waals surface area contributed by atoms with Gasteiger partial charge in [0.25, 0.3) is 0 Å². The summed E-state index contributed by atoms with van der Waals surface area (Å²) in [7, 11) is 0. The molecule has 1 aliphatic heterocycles. The predicted molar refractivity (Wildman–Crippen MR) is 64.3 cm³/mol. The van der Waals surface area contributed by atoms with E-state index in [0.717, 1.165) is 11.1 Å². The van der Waals surface area contributed by atoms with Crippen molar-refractivity contribution in [3.8, 4) is 0 Å². The standard InChI is InChI=1S/C13H15NO3/c1-9(13(15)16)8-10-2-4-11(5-3-10)12-14-6-7-17-12/h2-5,9H,6-8H2,1H3,(H,15,16). The number of rotatable bonds is 4. The van der Waals surface area contributed by atoms with Gasteiger partial charge in [-0.3, -0.25) is 4.79 Å². The fourth-order valence-electron chi connectivity index (χ4n) is 1.73. The molecule has 1 aromatic carbocycles. The first-order valence-corrected chi connectivity index (χ1v) is 5.66. The van der Waals surface area contributed by atoms with E-state index >= 15 is 0 Å². The van der Waals surface area contributed by atoms with E-state index in [9.17, 15) is 4.79 Å². The molecular formula is C13H15NO3. The number of nitrogens with zero attached hydrogens (tertiary/aromatic N) is 1. The van der Waals surface area contributed by atoms with Gasteiger partial charge in [0, 0.05) is 5.56 Å². The third-order valence-electron chi connectivity index (χ3n) is 2.75. The van der Waals surface area contributed by atoms with Crippen LogP contribution in [0, 0.1) is 5.92 Å². The van der Waals surface area contributed by atoms with Gasteiger partial charge in [-0.15, -0.1) is 0 Å². The number of hydrogen-bond acceptors (Lipinski definition) is 3. The van der Waals surface area contributed by atoms with Gasteiger partial charge in [-0.25, -0.2) is 4.99 Å². The van der Waals surface area contributed by atoms with E-state index in [-0.39, 0.29) is 5.92 Å². The summed E-state index contributed by atoms with van der Waals surface area (Å²) >= 11 is 0. The Bertz CT molecular complexity index is 436. The molecule has 0 aromatic heterocycles. The van der Waals surface area contributed by atoms with Crippen molar-refractivity contribution in [2.24, 2.45) is 10.9 Å². The van der Waals surface area contributed by atoms with Gasteiger partial charge in [-0.1, -0.05) is 19.1 Å². The Balaban J connectivity index is 2.05. The van der Waals surface area contributed by atoms with Crippen molar-refractivity contribution < 1.29 is 14.6 Å². The molecule has 0 fully saturated rings. The van der Waals surface area contributed by atoms with E-state index in [1.54, 1.807) is 6.92 Å². The van der Waals surface area contributed by atoms with Crippen LogP contribution in [0.4, 0.5) is 0 Å². The van der Waals surface area contributed by atoms with E-state index in [2.05, 4.69) is 4.99 Å². The fourth-order valence-corrected chi connectivity index (χ4v) is 1.73. The van der Waals surface area contributed by atoms with Crippen LogP contribution in [-0.2, 0) is 16.0 Å². The summed E-state index contributed by atoms with van der Waals surface area (Å²) in [5.41, 5.74) is 1.97. The van der Waals surface area contributed by atoms with E-state index in [4.69, 9.17) is 9.84 Å². The zero-order valence-corrected chi connectivity index (χ0v) is 9.72. The van der Waals surface area contributed by atoms with E-state index in [0.29, 0.717) is 25.5 Å². The lowest BCUT2D eigenvalue weighted by Crippen LogP contribution is -2.12. The number of hydrogen-bond donors (Lipinski definition) is 1. The summed E-state index contributed by atoms with van der Waals surface area (Å²) in [6.45, 7) is 3.07. The van der Waals surface area contributed by atoms with Crippen molar-refractivity contribution in [1.29, 1.82) is 0 Å². The number of carboxylic acids is 1. The molecule has 1 unspecified atom stereocenters. The maximum absolute atomic E-state index is 10.7. The largest absolute Gasteiger partial charge is 0.481 e. The van der Waals surface area contributed by atoms with Gasteiger partial charge in [-0.05, 0) is 24.1 Å². The summed E-state index contributed by atoms with van der Waals surface area (Å²) in [5, 5.41) is 8.83. The molecule has 1 N–H and O–H groups in total. The van der Waals surface area contributed by atoms with Crippen molar-refractivity contribution >= 4 is 11.9 Å². The monoisotopic (exact) mass is 233 g/mol. The number of aliphatic carboxylic acids is 1. The Morgan fingerprint density at radius 2 is 2.18 bits per heavy atom. The maximum atomic E-state index is 10.7. The lowest BCUT2D eigenvalue weighted by Gasteiger charge is -2.07. The maximum Gasteiger partial charge on any atom is 0.306 e. The molecular weight excluding hydrogens is 218 g/mol. The molecule has 0 bridgehead atoms. The highest BCUT2D eigenvalue weighted by Gasteiger charge is 2.13. The molecule has 0 amide bonds. The summed E-state index contributed by atoms with van der Waals surface area (Å²) < 4.78 is 5.35. The minimum Gasteiger partial charge on any atom is -0.481 e. The molecule has 4 nitrogen and oxygen atoms in total. The first-order valence-electron chi connectivity index (χ1n) is 5.66. The Labute approximate surface area is 99.9 Å². The number of carboxylic acid groups (broad SMARTS) is 1. The van der Waals surface area contributed by atoms with Gasteiger partial charge < -0.3 is 9.84 Å². The SMILES string of the molecule is CC(Cc1ccc(C2=NCCO2)cc1)C(=O)O. The average molecular weight is 233 g/mol. The van der Waals surface area contributed by atoms with Crippen molar-refractivity contribution in [2.75, 3.05) is 13.2 Å². The zero-order chi connectivity index (χ0) is 12.3. The lowest BCUT2D eigenvalue weighted by atomic mass is 10.0. The Kier molecular flexibility index (Phi) is 3.42. The summed E-state index contributed by atoms with van der Waals surface area (Å²) in [6.07, 6.45) is 0.545. The molecule has 2 rings (SSSR count). The van der Waals surface area contributed by atoms with Crippen LogP contribution < -0.4 is 0 Å². The van der Waals surface area contributed by atoms with Crippen molar-refractivity contribution in [3.63, 3.8) is 0 Å². The van der Waals surface area contributed by atoms with Gasteiger partial charge in [0.15, 0.2) is 0 Å². The highest BCUT2D eigenvalue weighted by atomic mass is 16.5. The second-order valence-corrected chi connectivity index (χ2v) is 4.18. The molecule has 0 saturated carbocycles. The average Bonchev–Trinajstić information content (AvgIpc) is 2.83. The first-order chi connectivity index (χ1) is 8.16. The quantitative estimate of drug-likeness (QED) is 0.861. The van der Waals surface area contributed by atoms with Crippen LogP contribution in [0.5, 0.6) is 0 Å². The molecule has 0 spiro atoms. The molecule has 90 valence electrons. The van der Waals surface area contributed by atoms with Crippen LogP contribution in [0.2, 0.25) is 0 Å². The van der Waals surface area contributed by atoms with Gasteiger partial charge in [0.2, 0.25) is 5.90 Å². The predicted octanol–water partition coefficient (Wildman–Crippen LogP) is 1.73. The summed E-state index contributed by atoms with van der Waals surface area (Å²) in [5.74, 6) is -0.443. The Morgan fingerprint density at radius 1 is 1.47 bits per heavy atom. The molecule has 0 saturated heterocycles. The number of aliphatic imine (C=N–C) groups is 1. The molecule has 1 aromatic rings. The smallest absolute Gasteiger partial charge is 0.306 e. The van der Waals surface area contributed by atoms with Crippen LogP contribution in [0.25, 0.3) is 0 Å².